The molecule has 1 N–H and O–H groups in total. The molecule has 1 aromatic heterocycles. The third kappa shape index (κ3) is 3.49. The lowest BCUT2D eigenvalue weighted by atomic mass is 10.1. The zero-order valence-corrected chi connectivity index (χ0v) is 11.8. The zero-order chi connectivity index (χ0) is 15.2. The molecule has 4 nitrogen and oxygen atoms in total. The minimum Gasteiger partial charge on any atom is -0.457 e. The summed E-state index contributed by atoms with van der Waals surface area (Å²) in [6.07, 6.45) is 6.49. The van der Waals surface area contributed by atoms with E-state index in [1.54, 1.807) is 42.7 Å². The number of hydrogen-bond donors (Lipinski definition) is 1. The minimum absolute atomic E-state index is 0.0809. The molecule has 0 aliphatic heterocycles. The first-order valence-electron chi connectivity index (χ1n) is 6.86. The van der Waals surface area contributed by atoms with Gasteiger partial charge in [-0.25, -0.2) is 4.98 Å². The van der Waals surface area contributed by atoms with Crippen LogP contribution < -0.4 is 4.74 Å². The number of aromatic amines is 1. The summed E-state index contributed by atoms with van der Waals surface area (Å²) in [5.41, 5.74) is 0.600. The molecule has 0 fully saturated rings. The number of benzene rings is 2. The van der Waals surface area contributed by atoms with Crippen molar-refractivity contribution in [3.05, 3.63) is 84.5 Å². The number of aromatic nitrogens is 2. The molecule has 3 rings (SSSR count). The van der Waals surface area contributed by atoms with Crippen LogP contribution in [0.3, 0.4) is 0 Å². The van der Waals surface area contributed by atoms with Crippen molar-refractivity contribution in [1.29, 1.82) is 0 Å². The van der Waals surface area contributed by atoms with Crippen LogP contribution in [0.1, 0.15) is 16.2 Å². The molecule has 0 aliphatic carbocycles. The molecule has 0 aliphatic rings. The summed E-state index contributed by atoms with van der Waals surface area (Å²) in [5.74, 6) is 2.03. The van der Waals surface area contributed by atoms with Crippen molar-refractivity contribution < 1.29 is 9.53 Å². The Morgan fingerprint density at radius 3 is 2.41 bits per heavy atom. The fourth-order valence-electron chi connectivity index (χ4n) is 1.93. The molecule has 4 heteroatoms. The smallest absolute Gasteiger partial charge is 0.185 e. The molecule has 22 heavy (non-hydrogen) atoms. The average Bonchev–Trinajstić information content (AvgIpc) is 3.08. The van der Waals surface area contributed by atoms with E-state index in [-0.39, 0.29) is 5.78 Å². The topological polar surface area (TPSA) is 55.0 Å². The third-order valence-corrected chi connectivity index (χ3v) is 3.03. The molecular weight excluding hydrogens is 276 g/mol. The van der Waals surface area contributed by atoms with Gasteiger partial charge in [-0.2, -0.15) is 0 Å². The van der Waals surface area contributed by atoms with Gasteiger partial charge in [-0.3, -0.25) is 4.79 Å². The molecule has 0 saturated carbocycles. The molecule has 0 unspecified atom stereocenters. The lowest BCUT2D eigenvalue weighted by molar-refractivity contribution is 0.104. The monoisotopic (exact) mass is 290 g/mol. The van der Waals surface area contributed by atoms with Gasteiger partial charge < -0.3 is 9.72 Å². The quantitative estimate of drug-likeness (QED) is 0.568. The van der Waals surface area contributed by atoms with E-state index in [0.717, 1.165) is 5.75 Å². The van der Waals surface area contributed by atoms with Gasteiger partial charge in [0.15, 0.2) is 5.78 Å². The van der Waals surface area contributed by atoms with Crippen molar-refractivity contribution in [1.82, 2.24) is 9.97 Å². The second kappa shape index (κ2) is 6.54. The Balaban J connectivity index is 1.67. The number of nitrogens with one attached hydrogen (secondary N) is 1. The minimum atomic E-state index is -0.0809. The van der Waals surface area contributed by atoms with Crippen molar-refractivity contribution in [3.63, 3.8) is 0 Å². The first kappa shape index (κ1) is 13.8. The van der Waals surface area contributed by atoms with Gasteiger partial charge in [0.1, 0.15) is 17.3 Å². The van der Waals surface area contributed by atoms with Crippen LogP contribution in [0, 0.1) is 0 Å². The van der Waals surface area contributed by atoms with Gasteiger partial charge >= 0.3 is 0 Å². The highest BCUT2D eigenvalue weighted by molar-refractivity contribution is 6.06. The van der Waals surface area contributed by atoms with Gasteiger partial charge in [0.25, 0.3) is 0 Å². The van der Waals surface area contributed by atoms with Crippen molar-refractivity contribution in [2.45, 2.75) is 0 Å². The highest BCUT2D eigenvalue weighted by atomic mass is 16.5. The predicted molar refractivity (Wildman–Crippen MR) is 84.9 cm³/mol. The van der Waals surface area contributed by atoms with E-state index in [4.69, 9.17) is 4.74 Å². The standard InChI is InChI=1S/C18H14N2O2/c21-17(10-11-18-19-12-13-20-18)14-6-8-16(9-7-14)22-15-4-2-1-3-5-15/h1-13H,(H,19,20). The van der Waals surface area contributed by atoms with E-state index in [2.05, 4.69) is 9.97 Å². The van der Waals surface area contributed by atoms with Gasteiger partial charge in [0.2, 0.25) is 0 Å². The largest absolute Gasteiger partial charge is 0.457 e. The fourth-order valence-corrected chi connectivity index (χ4v) is 1.93. The molecule has 0 atom stereocenters. The van der Waals surface area contributed by atoms with Crippen LogP contribution in [0.2, 0.25) is 0 Å². The fraction of sp³-hybridized carbons (Fsp3) is 0. The van der Waals surface area contributed by atoms with Gasteiger partial charge in [0, 0.05) is 18.0 Å². The molecule has 1 heterocycles. The number of ether oxygens (including phenoxy) is 1. The molecule has 3 aromatic rings. The molecule has 0 saturated heterocycles. The lowest BCUT2D eigenvalue weighted by Crippen LogP contribution is -1.94. The van der Waals surface area contributed by atoms with Crippen LogP contribution in [-0.2, 0) is 0 Å². The molecule has 0 spiro atoms. The summed E-state index contributed by atoms with van der Waals surface area (Å²) >= 11 is 0. The number of hydrogen-bond acceptors (Lipinski definition) is 3. The summed E-state index contributed by atoms with van der Waals surface area (Å²) in [4.78, 5) is 19.0. The predicted octanol–water partition coefficient (Wildman–Crippen LogP) is 4.10. The maximum Gasteiger partial charge on any atom is 0.185 e. The number of allylic oxidation sites excluding steroid dienone is 1. The summed E-state index contributed by atoms with van der Waals surface area (Å²) in [7, 11) is 0. The van der Waals surface area contributed by atoms with Crippen molar-refractivity contribution in [2.75, 3.05) is 0 Å². The number of carbonyl (C=O) groups is 1. The van der Waals surface area contributed by atoms with E-state index < -0.39 is 0 Å². The average molecular weight is 290 g/mol. The van der Waals surface area contributed by atoms with Crippen LogP contribution in [0.4, 0.5) is 0 Å². The summed E-state index contributed by atoms with van der Waals surface area (Å²) in [5, 5.41) is 0. The molecule has 0 amide bonds. The molecule has 108 valence electrons. The van der Waals surface area contributed by atoms with Crippen molar-refractivity contribution in [2.24, 2.45) is 0 Å². The Kier molecular flexibility index (Phi) is 4.11. The van der Waals surface area contributed by atoms with Gasteiger partial charge in [-0.15, -0.1) is 0 Å². The first-order chi connectivity index (χ1) is 10.8. The first-order valence-corrected chi connectivity index (χ1v) is 6.86. The van der Waals surface area contributed by atoms with Crippen LogP contribution in [0.5, 0.6) is 11.5 Å². The number of H-pyrrole nitrogens is 1. The summed E-state index contributed by atoms with van der Waals surface area (Å²) in [6.45, 7) is 0. The van der Waals surface area contributed by atoms with Gasteiger partial charge in [-0.05, 0) is 48.6 Å². The molecule has 0 bridgehead atoms. The summed E-state index contributed by atoms with van der Waals surface area (Å²) < 4.78 is 5.69. The molecule has 0 radical (unpaired) electrons. The highest BCUT2D eigenvalue weighted by Crippen LogP contribution is 2.21. The zero-order valence-electron chi connectivity index (χ0n) is 11.8. The summed E-state index contributed by atoms with van der Waals surface area (Å²) in [6, 6.07) is 16.6. The van der Waals surface area contributed by atoms with Gasteiger partial charge in [0.05, 0.1) is 0 Å². The number of nitrogens with zero attached hydrogens (tertiary/aromatic N) is 1. The van der Waals surface area contributed by atoms with E-state index in [0.29, 0.717) is 17.1 Å². The number of rotatable bonds is 5. The lowest BCUT2D eigenvalue weighted by Gasteiger charge is -2.05. The number of imidazole rings is 1. The van der Waals surface area contributed by atoms with Crippen molar-refractivity contribution >= 4 is 11.9 Å². The number of para-hydroxylation sites is 1. The normalized spacial score (nSPS) is 10.7. The Labute approximate surface area is 128 Å². The molecular formula is C18H14N2O2. The second-order valence-electron chi connectivity index (χ2n) is 4.61. The Bertz CT molecular complexity index is 761. The van der Waals surface area contributed by atoms with Crippen LogP contribution in [-0.4, -0.2) is 15.8 Å². The van der Waals surface area contributed by atoms with E-state index in [1.807, 2.05) is 30.3 Å². The molecule has 2 aromatic carbocycles. The second-order valence-corrected chi connectivity index (χ2v) is 4.61. The Hall–Kier alpha value is -3.14. The van der Waals surface area contributed by atoms with Gasteiger partial charge in [-0.1, -0.05) is 18.2 Å². The van der Waals surface area contributed by atoms with E-state index in [1.165, 1.54) is 6.08 Å². The van der Waals surface area contributed by atoms with Crippen LogP contribution in [0.25, 0.3) is 6.08 Å². The van der Waals surface area contributed by atoms with E-state index >= 15 is 0 Å². The number of ketones is 1. The van der Waals surface area contributed by atoms with Crippen LogP contribution in [0.15, 0.2) is 73.1 Å². The Morgan fingerprint density at radius 1 is 1.00 bits per heavy atom. The third-order valence-electron chi connectivity index (χ3n) is 3.03. The Morgan fingerprint density at radius 2 is 1.73 bits per heavy atom. The van der Waals surface area contributed by atoms with Crippen molar-refractivity contribution in [3.8, 4) is 11.5 Å². The number of carbonyl (C=O) groups excluding carboxylic acids is 1. The SMILES string of the molecule is O=C(C=Cc1ncc[nH]1)c1ccc(Oc2ccccc2)cc1. The maximum absolute atomic E-state index is 12.0. The highest BCUT2D eigenvalue weighted by Gasteiger charge is 2.03. The van der Waals surface area contributed by atoms with E-state index in [9.17, 15) is 4.79 Å². The van der Waals surface area contributed by atoms with Crippen LogP contribution >= 0.6 is 0 Å². The maximum atomic E-state index is 12.0.